The molecule has 1 unspecified atom stereocenters. The summed E-state index contributed by atoms with van der Waals surface area (Å²) in [5.41, 5.74) is 2.29. The van der Waals surface area contributed by atoms with Crippen LogP contribution in [0.4, 0.5) is 0 Å². The summed E-state index contributed by atoms with van der Waals surface area (Å²) in [7, 11) is 1.59. The highest BCUT2D eigenvalue weighted by Crippen LogP contribution is 2.27. The van der Waals surface area contributed by atoms with Gasteiger partial charge in [0.05, 0.1) is 44.7 Å². The fraction of sp³-hybridized carbons (Fsp3) is 0.227. The molecule has 5 rings (SSSR count). The summed E-state index contributed by atoms with van der Waals surface area (Å²) in [5.74, 6) is 0.347. The standard InChI is InChI=1S/C22H21ClN8O2/c1-33-19-5-4-15(23)12-16(19)20-18(14-30(28-20)11-10-29-8-3-7-25-29)27-22(32)17-13-26-31-9-2-6-24-21(17)31/h2-9,12-13,18H,10-11,14H2,1H3,(H,27,32). The van der Waals surface area contributed by atoms with Crippen molar-refractivity contribution in [2.75, 3.05) is 20.2 Å². The largest absolute Gasteiger partial charge is 0.496 e. The molecule has 0 saturated carbocycles. The fourth-order valence-electron chi connectivity index (χ4n) is 3.81. The second kappa shape index (κ2) is 8.91. The topological polar surface area (TPSA) is 102 Å². The van der Waals surface area contributed by atoms with E-state index in [9.17, 15) is 4.79 Å². The number of amides is 1. The number of carbonyl (C=O) groups is 1. The summed E-state index contributed by atoms with van der Waals surface area (Å²) in [6.07, 6.45) is 8.53. The summed E-state index contributed by atoms with van der Waals surface area (Å²) >= 11 is 6.27. The number of nitrogens with zero attached hydrogens (tertiary/aromatic N) is 7. The van der Waals surface area contributed by atoms with Crippen molar-refractivity contribution in [3.05, 3.63) is 77.5 Å². The van der Waals surface area contributed by atoms with Crippen LogP contribution in [0.5, 0.6) is 5.75 Å². The predicted molar refractivity (Wildman–Crippen MR) is 123 cm³/mol. The molecule has 0 spiro atoms. The van der Waals surface area contributed by atoms with E-state index in [1.54, 1.807) is 54.5 Å². The van der Waals surface area contributed by atoms with Crippen molar-refractivity contribution >= 4 is 28.9 Å². The van der Waals surface area contributed by atoms with Crippen molar-refractivity contribution in [1.29, 1.82) is 0 Å². The first-order chi connectivity index (χ1) is 16.1. The number of hydrazone groups is 1. The number of hydrogen-bond donors (Lipinski definition) is 1. The molecule has 1 atom stereocenters. The average molecular weight is 465 g/mol. The minimum absolute atomic E-state index is 0.281. The third-order valence-electron chi connectivity index (χ3n) is 5.39. The number of nitrogens with one attached hydrogen (secondary N) is 1. The molecular weight excluding hydrogens is 444 g/mol. The first kappa shape index (κ1) is 21.0. The molecule has 1 aromatic carbocycles. The molecule has 4 aromatic rings. The van der Waals surface area contributed by atoms with Crippen LogP contribution in [0.2, 0.25) is 5.02 Å². The highest BCUT2D eigenvalue weighted by molar-refractivity contribution is 6.31. The fourth-order valence-corrected chi connectivity index (χ4v) is 3.98. The Kier molecular flexibility index (Phi) is 5.66. The molecule has 168 valence electrons. The van der Waals surface area contributed by atoms with Gasteiger partial charge in [0.1, 0.15) is 11.3 Å². The van der Waals surface area contributed by atoms with E-state index in [1.807, 2.05) is 22.0 Å². The van der Waals surface area contributed by atoms with Gasteiger partial charge in [-0.1, -0.05) is 11.6 Å². The van der Waals surface area contributed by atoms with Gasteiger partial charge in [0.25, 0.3) is 5.91 Å². The van der Waals surface area contributed by atoms with Crippen molar-refractivity contribution in [2.45, 2.75) is 12.6 Å². The predicted octanol–water partition coefficient (Wildman–Crippen LogP) is 2.11. The van der Waals surface area contributed by atoms with Gasteiger partial charge >= 0.3 is 0 Å². The summed E-state index contributed by atoms with van der Waals surface area (Å²) in [4.78, 5) is 17.5. The minimum Gasteiger partial charge on any atom is -0.496 e. The molecule has 1 amide bonds. The number of benzene rings is 1. The van der Waals surface area contributed by atoms with Crippen LogP contribution >= 0.6 is 11.6 Å². The maximum Gasteiger partial charge on any atom is 0.257 e. The van der Waals surface area contributed by atoms with Crippen molar-refractivity contribution in [3.63, 3.8) is 0 Å². The Balaban J connectivity index is 1.43. The Labute approximate surface area is 194 Å². The zero-order valence-electron chi connectivity index (χ0n) is 17.8. The molecule has 0 aliphatic carbocycles. The maximum atomic E-state index is 13.2. The Morgan fingerprint density at radius 1 is 1.21 bits per heavy atom. The lowest BCUT2D eigenvalue weighted by Crippen LogP contribution is -2.43. The van der Waals surface area contributed by atoms with E-state index in [4.69, 9.17) is 21.4 Å². The van der Waals surface area contributed by atoms with Crippen LogP contribution in [0.1, 0.15) is 15.9 Å². The van der Waals surface area contributed by atoms with Crippen LogP contribution in [0.3, 0.4) is 0 Å². The molecule has 11 heteroatoms. The molecule has 0 saturated heterocycles. The quantitative estimate of drug-likeness (QED) is 0.449. The minimum atomic E-state index is -0.388. The van der Waals surface area contributed by atoms with Crippen LogP contribution in [-0.2, 0) is 6.54 Å². The maximum absolute atomic E-state index is 13.2. The Morgan fingerprint density at radius 2 is 2.09 bits per heavy atom. The van der Waals surface area contributed by atoms with E-state index in [-0.39, 0.29) is 11.9 Å². The molecule has 0 bridgehead atoms. The third kappa shape index (κ3) is 4.24. The van der Waals surface area contributed by atoms with E-state index in [2.05, 4.69) is 20.5 Å². The molecule has 1 aliphatic rings. The average Bonchev–Trinajstić information content (AvgIpc) is 3.57. The number of fused-ring (bicyclic) bond motifs is 1. The van der Waals surface area contributed by atoms with Crippen molar-refractivity contribution in [3.8, 4) is 5.75 Å². The number of ether oxygens (including phenoxy) is 1. The van der Waals surface area contributed by atoms with Crippen LogP contribution < -0.4 is 10.1 Å². The molecular formula is C22H21ClN8O2. The highest BCUT2D eigenvalue weighted by atomic mass is 35.5. The van der Waals surface area contributed by atoms with Gasteiger partial charge in [0, 0.05) is 35.4 Å². The van der Waals surface area contributed by atoms with Gasteiger partial charge in [0.15, 0.2) is 5.65 Å². The first-order valence-corrected chi connectivity index (χ1v) is 10.7. The number of carbonyl (C=O) groups excluding carboxylic acids is 1. The van der Waals surface area contributed by atoms with Crippen molar-refractivity contribution in [1.82, 2.24) is 34.7 Å². The third-order valence-corrected chi connectivity index (χ3v) is 5.62. The van der Waals surface area contributed by atoms with E-state index < -0.39 is 0 Å². The monoisotopic (exact) mass is 464 g/mol. The number of halogens is 1. The Bertz CT molecular complexity index is 1320. The molecule has 1 N–H and O–H groups in total. The molecule has 0 fully saturated rings. The van der Waals surface area contributed by atoms with Gasteiger partial charge in [-0.3, -0.25) is 14.5 Å². The number of rotatable bonds is 7. The lowest BCUT2D eigenvalue weighted by molar-refractivity contribution is 0.0944. The number of methoxy groups -OCH3 is 1. The summed E-state index contributed by atoms with van der Waals surface area (Å²) in [6.45, 7) is 1.78. The lowest BCUT2D eigenvalue weighted by Gasteiger charge is -2.18. The van der Waals surface area contributed by atoms with Gasteiger partial charge in [-0.15, -0.1) is 0 Å². The van der Waals surface area contributed by atoms with Crippen LogP contribution in [0.25, 0.3) is 5.65 Å². The SMILES string of the molecule is COc1ccc(Cl)cc1C1=NN(CCn2cccn2)CC1NC(=O)c1cnn2cccnc12. The number of aromatic nitrogens is 5. The van der Waals surface area contributed by atoms with Crippen LogP contribution in [-0.4, -0.2) is 67.2 Å². The molecule has 33 heavy (non-hydrogen) atoms. The van der Waals surface area contributed by atoms with Gasteiger partial charge < -0.3 is 10.1 Å². The summed E-state index contributed by atoms with van der Waals surface area (Å²) in [6, 6.07) is 8.59. The smallest absolute Gasteiger partial charge is 0.257 e. The normalized spacial score (nSPS) is 15.6. The van der Waals surface area contributed by atoms with Gasteiger partial charge in [-0.25, -0.2) is 9.50 Å². The molecule has 0 radical (unpaired) electrons. The zero-order chi connectivity index (χ0) is 22.8. The van der Waals surface area contributed by atoms with Gasteiger partial charge in [-0.2, -0.15) is 15.3 Å². The zero-order valence-corrected chi connectivity index (χ0v) is 18.6. The first-order valence-electron chi connectivity index (χ1n) is 10.4. The molecule has 3 aromatic heterocycles. The van der Waals surface area contributed by atoms with E-state index in [0.29, 0.717) is 47.3 Å². The van der Waals surface area contributed by atoms with Gasteiger partial charge in [-0.05, 0) is 30.3 Å². The molecule has 1 aliphatic heterocycles. The van der Waals surface area contributed by atoms with Crippen molar-refractivity contribution < 1.29 is 9.53 Å². The summed E-state index contributed by atoms with van der Waals surface area (Å²) < 4.78 is 8.95. The summed E-state index contributed by atoms with van der Waals surface area (Å²) in [5, 5.41) is 18.8. The Hall–Kier alpha value is -3.92. The Morgan fingerprint density at radius 3 is 2.91 bits per heavy atom. The molecule has 4 heterocycles. The second-order valence-corrected chi connectivity index (χ2v) is 7.92. The van der Waals surface area contributed by atoms with Crippen LogP contribution in [0, 0.1) is 0 Å². The van der Waals surface area contributed by atoms with Crippen LogP contribution in [0.15, 0.2) is 66.4 Å². The van der Waals surface area contributed by atoms with E-state index >= 15 is 0 Å². The number of hydrogen-bond acceptors (Lipinski definition) is 7. The van der Waals surface area contributed by atoms with E-state index in [1.165, 1.54) is 6.20 Å². The second-order valence-electron chi connectivity index (χ2n) is 7.48. The van der Waals surface area contributed by atoms with Gasteiger partial charge in [0.2, 0.25) is 0 Å². The lowest BCUT2D eigenvalue weighted by atomic mass is 10.0. The highest BCUT2D eigenvalue weighted by Gasteiger charge is 2.32. The van der Waals surface area contributed by atoms with Crippen molar-refractivity contribution in [2.24, 2.45) is 5.10 Å². The molecule has 10 nitrogen and oxygen atoms in total. The van der Waals surface area contributed by atoms with E-state index in [0.717, 1.165) is 5.56 Å².